The number of anilines is 3. The lowest BCUT2D eigenvalue weighted by Gasteiger charge is -2.12. The van der Waals surface area contributed by atoms with E-state index in [1.807, 2.05) is 38.1 Å². The van der Waals surface area contributed by atoms with Crippen molar-refractivity contribution in [2.75, 3.05) is 10.6 Å². The smallest absolute Gasteiger partial charge is 0.249 e. The molecule has 2 aromatic rings. The summed E-state index contributed by atoms with van der Waals surface area (Å²) in [6.45, 7) is 8.22. The van der Waals surface area contributed by atoms with Crippen molar-refractivity contribution in [3.05, 3.63) is 30.5 Å². The normalized spacial score (nSPS) is 12.0. The summed E-state index contributed by atoms with van der Waals surface area (Å²) in [5, 5.41) is 14.4. The van der Waals surface area contributed by atoms with E-state index in [1.165, 1.54) is 0 Å². The van der Waals surface area contributed by atoms with Crippen LogP contribution in [0.3, 0.4) is 0 Å². The molecule has 0 fully saturated rings. The summed E-state index contributed by atoms with van der Waals surface area (Å²) < 4.78 is 5.61. The van der Waals surface area contributed by atoms with Gasteiger partial charge in [0.15, 0.2) is 5.82 Å². The van der Waals surface area contributed by atoms with Crippen molar-refractivity contribution in [3.8, 4) is 5.75 Å². The van der Waals surface area contributed by atoms with E-state index in [9.17, 15) is 0 Å². The molecule has 0 aliphatic heterocycles. The highest BCUT2D eigenvalue weighted by Crippen LogP contribution is 2.19. The predicted octanol–water partition coefficient (Wildman–Crippen LogP) is 3.61. The van der Waals surface area contributed by atoms with Crippen LogP contribution in [0, 0.1) is 0 Å². The zero-order chi connectivity index (χ0) is 15.9. The van der Waals surface area contributed by atoms with Crippen molar-refractivity contribution in [2.24, 2.45) is 0 Å². The van der Waals surface area contributed by atoms with E-state index in [-0.39, 0.29) is 6.10 Å². The minimum absolute atomic E-state index is 0.162. The van der Waals surface area contributed by atoms with Crippen LogP contribution in [-0.2, 0) is 0 Å². The van der Waals surface area contributed by atoms with Crippen LogP contribution >= 0.6 is 0 Å². The molecule has 6 nitrogen and oxygen atoms in total. The second-order valence-electron chi connectivity index (χ2n) is 5.43. The molecule has 118 valence electrons. The molecule has 0 bridgehead atoms. The first-order chi connectivity index (χ1) is 10.6. The van der Waals surface area contributed by atoms with Crippen LogP contribution in [-0.4, -0.2) is 27.3 Å². The van der Waals surface area contributed by atoms with Crippen LogP contribution in [0.5, 0.6) is 5.75 Å². The molecule has 0 aliphatic carbocycles. The summed E-state index contributed by atoms with van der Waals surface area (Å²) in [5.41, 5.74) is 0.888. The van der Waals surface area contributed by atoms with Crippen LogP contribution in [0.15, 0.2) is 30.5 Å². The van der Waals surface area contributed by atoms with E-state index < -0.39 is 0 Å². The first kappa shape index (κ1) is 16.0. The van der Waals surface area contributed by atoms with E-state index in [1.54, 1.807) is 6.20 Å². The molecule has 0 amide bonds. The van der Waals surface area contributed by atoms with Gasteiger partial charge in [0.1, 0.15) is 5.75 Å². The van der Waals surface area contributed by atoms with Crippen LogP contribution in [0.2, 0.25) is 0 Å². The summed E-state index contributed by atoms with van der Waals surface area (Å²) in [6, 6.07) is 8.02. The van der Waals surface area contributed by atoms with Gasteiger partial charge in [-0.3, -0.25) is 0 Å². The topological polar surface area (TPSA) is 72.0 Å². The second kappa shape index (κ2) is 7.59. The summed E-state index contributed by atoms with van der Waals surface area (Å²) in [4.78, 5) is 4.40. The fourth-order valence-electron chi connectivity index (χ4n) is 1.80. The molecule has 6 heteroatoms. The van der Waals surface area contributed by atoms with Crippen LogP contribution in [0.4, 0.5) is 17.5 Å². The fourth-order valence-corrected chi connectivity index (χ4v) is 1.80. The standard InChI is InChI=1S/C16H23N5O/c1-5-12(4)18-15-10-17-21-16(20-15)19-13-6-8-14(9-7-13)22-11(2)3/h6-12H,5H2,1-4H3,(H2,18,19,20,21). The Bertz CT molecular complexity index is 585. The Morgan fingerprint density at radius 2 is 1.86 bits per heavy atom. The van der Waals surface area contributed by atoms with Gasteiger partial charge >= 0.3 is 0 Å². The van der Waals surface area contributed by atoms with Gasteiger partial charge in [0.2, 0.25) is 5.95 Å². The summed E-state index contributed by atoms with van der Waals surface area (Å²) in [7, 11) is 0. The van der Waals surface area contributed by atoms with E-state index in [2.05, 4.69) is 39.7 Å². The molecule has 1 atom stereocenters. The van der Waals surface area contributed by atoms with Gasteiger partial charge in [0.25, 0.3) is 0 Å². The molecule has 1 heterocycles. The minimum atomic E-state index is 0.162. The van der Waals surface area contributed by atoms with E-state index in [0.29, 0.717) is 17.8 Å². The number of hydrogen-bond acceptors (Lipinski definition) is 6. The quantitative estimate of drug-likeness (QED) is 0.814. The summed E-state index contributed by atoms with van der Waals surface area (Å²) in [5.74, 6) is 2.02. The first-order valence-corrected chi connectivity index (χ1v) is 7.56. The third kappa shape index (κ3) is 4.87. The Morgan fingerprint density at radius 3 is 2.50 bits per heavy atom. The lowest BCUT2D eigenvalue weighted by atomic mass is 10.3. The van der Waals surface area contributed by atoms with Crippen molar-refractivity contribution in [1.82, 2.24) is 15.2 Å². The lowest BCUT2D eigenvalue weighted by molar-refractivity contribution is 0.242. The number of ether oxygens (including phenoxy) is 1. The van der Waals surface area contributed by atoms with Gasteiger partial charge in [-0.25, -0.2) is 0 Å². The van der Waals surface area contributed by atoms with Crippen molar-refractivity contribution in [3.63, 3.8) is 0 Å². The fraction of sp³-hybridized carbons (Fsp3) is 0.438. The maximum atomic E-state index is 5.61. The molecule has 1 aromatic carbocycles. The molecule has 22 heavy (non-hydrogen) atoms. The van der Waals surface area contributed by atoms with E-state index >= 15 is 0 Å². The molecular weight excluding hydrogens is 278 g/mol. The lowest BCUT2D eigenvalue weighted by Crippen LogP contribution is -2.15. The van der Waals surface area contributed by atoms with Crippen molar-refractivity contribution in [1.29, 1.82) is 0 Å². The molecule has 2 N–H and O–H groups in total. The van der Waals surface area contributed by atoms with Gasteiger partial charge < -0.3 is 15.4 Å². The highest BCUT2D eigenvalue weighted by atomic mass is 16.5. The molecular formula is C16H23N5O. The van der Waals surface area contributed by atoms with Gasteiger partial charge in [-0.1, -0.05) is 6.92 Å². The van der Waals surface area contributed by atoms with Crippen LogP contribution < -0.4 is 15.4 Å². The molecule has 0 aliphatic rings. The minimum Gasteiger partial charge on any atom is -0.491 e. The number of benzene rings is 1. The number of nitrogens with zero attached hydrogens (tertiary/aromatic N) is 3. The first-order valence-electron chi connectivity index (χ1n) is 7.56. The van der Waals surface area contributed by atoms with Crippen LogP contribution in [0.25, 0.3) is 0 Å². The maximum absolute atomic E-state index is 5.61. The Hall–Kier alpha value is -2.37. The number of nitrogens with one attached hydrogen (secondary N) is 2. The Kier molecular flexibility index (Phi) is 5.52. The van der Waals surface area contributed by atoms with Crippen molar-refractivity contribution < 1.29 is 4.74 Å². The molecule has 1 unspecified atom stereocenters. The summed E-state index contributed by atoms with van der Waals surface area (Å²) in [6.07, 6.45) is 2.80. The monoisotopic (exact) mass is 301 g/mol. The number of aromatic nitrogens is 3. The third-order valence-corrected chi connectivity index (χ3v) is 3.05. The van der Waals surface area contributed by atoms with Gasteiger partial charge in [-0.05, 0) is 51.5 Å². The molecule has 0 radical (unpaired) electrons. The second-order valence-corrected chi connectivity index (χ2v) is 5.43. The average Bonchev–Trinajstić information content (AvgIpc) is 2.49. The van der Waals surface area contributed by atoms with Crippen molar-refractivity contribution >= 4 is 17.5 Å². The molecule has 2 rings (SSSR count). The molecule has 0 spiro atoms. The number of hydrogen-bond donors (Lipinski definition) is 2. The molecule has 0 saturated carbocycles. The maximum Gasteiger partial charge on any atom is 0.249 e. The third-order valence-electron chi connectivity index (χ3n) is 3.05. The Balaban J connectivity index is 2.02. The predicted molar refractivity (Wildman–Crippen MR) is 88.7 cm³/mol. The van der Waals surface area contributed by atoms with Gasteiger partial charge in [0, 0.05) is 11.7 Å². The van der Waals surface area contributed by atoms with Crippen LogP contribution in [0.1, 0.15) is 34.1 Å². The highest BCUT2D eigenvalue weighted by Gasteiger charge is 2.04. The average molecular weight is 301 g/mol. The van der Waals surface area contributed by atoms with E-state index in [0.717, 1.165) is 17.9 Å². The highest BCUT2D eigenvalue weighted by molar-refractivity contribution is 5.55. The SMILES string of the molecule is CCC(C)Nc1cnnc(Nc2ccc(OC(C)C)cc2)n1. The zero-order valence-corrected chi connectivity index (χ0v) is 13.5. The van der Waals surface area contributed by atoms with Gasteiger partial charge in [-0.15, -0.1) is 5.10 Å². The van der Waals surface area contributed by atoms with E-state index in [4.69, 9.17) is 4.74 Å². The summed E-state index contributed by atoms with van der Waals surface area (Å²) >= 11 is 0. The molecule has 0 saturated heterocycles. The number of rotatable bonds is 7. The van der Waals surface area contributed by atoms with Gasteiger partial charge in [-0.2, -0.15) is 10.1 Å². The van der Waals surface area contributed by atoms with Crippen molar-refractivity contribution in [2.45, 2.75) is 46.3 Å². The molecule has 1 aromatic heterocycles. The largest absolute Gasteiger partial charge is 0.491 e. The Morgan fingerprint density at radius 1 is 1.14 bits per heavy atom. The van der Waals surface area contributed by atoms with Gasteiger partial charge in [0.05, 0.1) is 12.3 Å². The Labute approximate surface area is 131 Å². The zero-order valence-electron chi connectivity index (χ0n) is 13.5.